The smallest absolute Gasteiger partial charge is 0.231 e. The number of rotatable bonds is 13. The quantitative estimate of drug-likeness (QED) is 0.301. The van der Waals surface area contributed by atoms with Crippen molar-refractivity contribution in [3.63, 3.8) is 0 Å². The minimum atomic E-state index is -1.09. The Morgan fingerprint density at radius 3 is 1.59 bits per heavy atom. The van der Waals surface area contributed by atoms with Crippen LogP contribution in [0.4, 0.5) is 0 Å². The molecule has 0 aromatic rings. The molecule has 2 atom stereocenters. The first kappa shape index (κ1) is 21.5. The van der Waals surface area contributed by atoms with Gasteiger partial charge in [0.25, 0.3) is 0 Å². The maximum atomic E-state index is 12.3. The van der Waals surface area contributed by atoms with Gasteiger partial charge in [-0.1, -0.05) is 79.1 Å². The molecule has 0 rings (SSSR count). The van der Waals surface area contributed by atoms with E-state index in [-0.39, 0.29) is 5.06 Å². The van der Waals surface area contributed by atoms with Crippen LogP contribution in [0, 0.1) is 15.5 Å². The molecule has 2 unspecified atom stereocenters. The van der Waals surface area contributed by atoms with E-state index in [1.807, 2.05) is 20.8 Å². The fraction of sp³-hybridized carbons (Fsp3) is 1.00. The highest BCUT2D eigenvalue weighted by molar-refractivity contribution is 4.84. The molecule has 0 saturated carbocycles. The van der Waals surface area contributed by atoms with Crippen molar-refractivity contribution in [2.24, 2.45) is 10.6 Å². The molecule has 0 aromatic heterocycles. The van der Waals surface area contributed by atoms with Gasteiger partial charge in [0.05, 0.1) is 6.54 Å². The van der Waals surface area contributed by atoms with Crippen LogP contribution in [0.2, 0.25) is 0 Å². The number of nitrogens with zero attached hydrogens (tertiary/aromatic N) is 1. The number of hydrogen-bond acceptors (Lipinski definition) is 3. The molecule has 0 aliphatic carbocycles. The molecule has 1 N–H and O–H groups in total. The lowest BCUT2D eigenvalue weighted by Crippen LogP contribution is -3.17. The van der Waals surface area contributed by atoms with Crippen molar-refractivity contribution in [1.29, 1.82) is 0 Å². The second kappa shape index (κ2) is 11.1. The summed E-state index contributed by atoms with van der Waals surface area (Å²) in [6.07, 6.45) is 12.5. The van der Waals surface area contributed by atoms with Crippen molar-refractivity contribution in [3.05, 3.63) is 10.1 Å². The second-order valence-corrected chi connectivity index (χ2v) is 7.77. The maximum absolute atomic E-state index is 12.3. The van der Waals surface area contributed by atoms with Crippen molar-refractivity contribution in [1.82, 2.24) is 0 Å². The van der Waals surface area contributed by atoms with Crippen LogP contribution in [0.5, 0.6) is 0 Å². The molecule has 132 valence electrons. The summed E-state index contributed by atoms with van der Waals surface area (Å²) in [4.78, 5) is 11.1. The molecule has 22 heavy (non-hydrogen) atoms. The van der Waals surface area contributed by atoms with Crippen LogP contribution < -0.4 is 5.06 Å². The van der Waals surface area contributed by atoms with Crippen LogP contribution >= 0.6 is 0 Å². The predicted molar refractivity (Wildman–Crippen MR) is 94.7 cm³/mol. The van der Waals surface area contributed by atoms with E-state index in [1.165, 1.54) is 51.4 Å². The molecule has 4 nitrogen and oxygen atoms in total. The van der Waals surface area contributed by atoms with Crippen LogP contribution in [0.3, 0.4) is 0 Å². The third-order valence-corrected chi connectivity index (χ3v) is 4.94. The fourth-order valence-corrected chi connectivity index (χ4v) is 2.62. The minimum Gasteiger partial charge on any atom is -0.632 e. The Balaban J connectivity index is 3.72. The standard InChI is InChI=1S/C18H38N2O2/c1-6-7-8-9-10-11-12-13-14-15-16-20(22)18(5,19-21)17(2,3)4/h20H,6-16H2,1-5H3. The highest BCUT2D eigenvalue weighted by atomic mass is 16.5. The van der Waals surface area contributed by atoms with Gasteiger partial charge < -0.3 is 10.3 Å². The summed E-state index contributed by atoms with van der Waals surface area (Å²) in [6, 6.07) is 0. The monoisotopic (exact) mass is 314 g/mol. The number of hydroxylamine groups is 2. The van der Waals surface area contributed by atoms with E-state index in [0.29, 0.717) is 6.54 Å². The predicted octanol–water partition coefficient (Wildman–Crippen LogP) is 4.82. The van der Waals surface area contributed by atoms with Crippen molar-refractivity contribution in [2.75, 3.05) is 6.54 Å². The van der Waals surface area contributed by atoms with E-state index >= 15 is 0 Å². The maximum Gasteiger partial charge on any atom is 0.231 e. The summed E-state index contributed by atoms with van der Waals surface area (Å²) in [7, 11) is 0. The number of nitroso groups, excluding NO2 is 1. The van der Waals surface area contributed by atoms with Gasteiger partial charge in [-0.05, 0) is 18.0 Å². The van der Waals surface area contributed by atoms with Crippen LogP contribution in [0.15, 0.2) is 5.18 Å². The van der Waals surface area contributed by atoms with Crippen molar-refractivity contribution >= 4 is 0 Å². The highest BCUT2D eigenvalue weighted by Crippen LogP contribution is 2.28. The first-order valence-corrected chi connectivity index (χ1v) is 9.17. The summed E-state index contributed by atoms with van der Waals surface area (Å²) in [5.41, 5.74) is -1.50. The SMILES string of the molecule is CCCCCCCCCCCC[NH+]([O-])C(C)(N=O)C(C)(C)C. The zero-order valence-corrected chi connectivity index (χ0v) is 15.5. The molecule has 0 aromatic carbocycles. The number of unbranched alkanes of at least 4 members (excludes halogenated alkanes) is 9. The Morgan fingerprint density at radius 1 is 0.818 bits per heavy atom. The van der Waals surface area contributed by atoms with E-state index in [9.17, 15) is 10.1 Å². The van der Waals surface area contributed by atoms with Crippen molar-refractivity contribution < 1.29 is 5.06 Å². The molecule has 0 aliphatic heterocycles. The van der Waals surface area contributed by atoms with Gasteiger partial charge in [-0.15, -0.1) is 4.91 Å². The molecule has 4 heteroatoms. The topological polar surface area (TPSA) is 56.9 Å². The lowest BCUT2D eigenvalue weighted by molar-refractivity contribution is -0.912. The molecule has 0 bridgehead atoms. The van der Waals surface area contributed by atoms with Crippen LogP contribution in [-0.4, -0.2) is 12.2 Å². The minimum absolute atomic E-state index is 0.00503. The molecule has 0 aliphatic rings. The summed E-state index contributed by atoms with van der Waals surface area (Å²) in [5, 5.41) is 15.4. The van der Waals surface area contributed by atoms with Crippen molar-refractivity contribution in [2.45, 2.75) is 104 Å². The van der Waals surface area contributed by atoms with Crippen LogP contribution in [0.25, 0.3) is 0 Å². The molecule has 0 spiro atoms. The van der Waals surface area contributed by atoms with Gasteiger partial charge in [0.2, 0.25) is 5.66 Å². The molecular weight excluding hydrogens is 276 g/mol. The average Bonchev–Trinajstić information content (AvgIpc) is 2.46. The summed E-state index contributed by atoms with van der Waals surface area (Å²) < 4.78 is 0. The third kappa shape index (κ3) is 7.68. The van der Waals surface area contributed by atoms with E-state index < -0.39 is 11.1 Å². The third-order valence-electron chi connectivity index (χ3n) is 4.94. The molecular formula is C18H38N2O2. The van der Waals surface area contributed by atoms with E-state index in [4.69, 9.17) is 0 Å². The van der Waals surface area contributed by atoms with Gasteiger partial charge in [0, 0.05) is 12.3 Å². The molecule has 0 saturated heterocycles. The summed E-state index contributed by atoms with van der Waals surface area (Å²) in [6.45, 7) is 10.1. The lowest BCUT2D eigenvalue weighted by Gasteiger charge is -2.43. The van der Waals surface area contributed by atoms with Crippen molar-refractivity contribution in [3.8, 4) is 0 Å². The van der Waals surface area contributed by atoms with Gasteiger partial charge in [-0.2, -0.15) is 0 Å². The van der Waals surface area contributed by atoms with E-state index in [2.05, 4.69) is 12.1 Å². The largest absolute Gasteiger partial charge is 0.632 e. The van der Waals surface area contributed by atoms with Gasteiger partial charge in [-0.25, -0.2) is 0 Å². The number of nitrogens with one attached hydrogen (secondary N) is 1. The average molecular weight is 315 g/mol. The Hall–Kier alpha value is -0.480. The zero-order valence-electron chi connectivity index (χ0n) is 15.5. The Kier molecular flexibility index (Phi) is 10.9. The number of quaternary nitrogens is 1. The molecule has 0 heterocycles. The van der Waals surface area contributed by atoms with Gasteiger partial charge in [-0.3, -0.25) is 0 Å². The zero-order chi connectivity index (χ0) is 17.1. The van der Waals surface area contributed by atoms with E-state index in [1.54, 1.807) is 6.92 Å². The second-order valence-electron chi connectivity index (χ2n) is 7.77. The lowest BCUT2D eigenvalue weighted by atomic mass is 9.82. The van der Waals surface area contributed by atoms with Crippen LogP contribution in [0.1, 0.15) is 98.8 Å². The highest BCUT2D eigenvalue weighted by Gasteiger charge is 2.45. The van der Waals surface area contributed by atoms with Gasteiger partial charge in [0.15, 0.2) is 0 Å². The molecule has 0 fully saturated rings. The normalized spacial score (nSPS) is 16.3. The van der Waals surface area contributed by atoms with Crippen LogP contribution in [-0.2, 0) is 0 Å². The van der Waals surface area contributed by atoms with Gasteiger partial charge in [0.1, 0.15) is 0 Å². The fourth-order valence-electron chi connectivity index (χ4n) is 2.62. The first-order valence-electron chi connectivity index (χ1n) is 9.17. The summed E-state index contributed by atoms with van der Waals surface area (Å²) in [5.74, 6) is 0. The molecule has 0 radical (unpaired) electrons. The Labute approximate surface area is 137 Å². The van der Waals surface area contributed by atoms with E-state index in [0.717, 1.165) is 12.8 Å². The Bertz CT molecular complexity index is 289. The first-order chi connectivity index (χ1) is 10.3. The Morgan fingerprint density at radius 2 is 1.23 bits per heavy atom. The summed E-state index contributed by atoms with van der Waals surface area (Å²) >= 11 is 0. The number of hydrogen-bond donors (Lipinski definition) is 1. The molecule has 0 amide bonds. The van der Waals surface area contributed by atoms with Gasteiger partial charge >= 0.3 is 0 Å².